The van der Waals surface area contributed by atoms with Crippen LogP contribution in [0.3, 0.4) is 0 Å². The van der Waals surface area contributed by atoms with Gasteiger partial charge < -0.3 is 9.30 Å². The number of methoxy groups -OCH3 is 1. The second kappa shape index (κ2) is 8.41. The smallest absolute Gasteiger partial charge is 0.191 e. The molecule has 1 aromatic heterocycles. The van der Waals surface area contributed by atoms with Crippen LogP contribution in [0.2, 0.25) is 0 Å². The molecule has 3 aromatic rings. The Hall–Kier alpha value is -2.60. The number of thioether (sulfide) groups is 1. The van der Waals surface area contributed by atoms with Gasteiger partial charge in [-0.15, -0.1) is 10.2 Å². The van der Waals surface area contributed by atoms with Crippen molar-refractivity contribution in [3.63, 3.8) is 0 Å². The first kappa shape index (κ1) is 21.1. The van der Waals surface area contributed by atoms with Gasteiger partial charge in [-0.3, -0.25) is 4.79 Å². The summed E-state index contributed by atoms with van der Waals surface area (Å²) in [6, 6.07) is 15.6. The Morgan fingerprint density at radius 1 is 1.07 bits per heavy atom. The summed E-state index contributed by atoms with van der Waals surface area (Å²) in [5, 5.41) is 9.04. The van der Waals surface area contributed by atoms with Crippen LogP contribution >= 0.6 is 11.8 Å². The first-order chi connectivity index (χ1) is 13.7. The van der Waals surface area contributed by atoms with Crippen LogP contribution in [0.1, 0.15) is 43.6 Å². The molecule has 0 aliphatic heterocycles. The molecule has 2 aromatic carbocycles. The maximum Gasteiger partial charge on any atom is 0.191 e. The van der Waals surface area contributed by atoms with Gasteiger partial charge in [-0.25, -0.2) is 0 Å². The lowest BCUT2D eigenvalue weighted by Gasteiger charge is -2.19. The average molecular weight is 410 g/mol. The highest BCUT2D eigenvalue weighted by molar-refractivity contribution is 8.00. The van der Waals surface area contributed by atoms with E-state index in [-0.39, 0.29) is 16.4 Å². The van der Waals surface area contributed by atoms with Crippen LogP contribution in [0.4, 0.5) is 0 Å². The quantitative estimate of drug-likeness (QED) is 0.416. The molecule has 152 valence electrons. The van der Waals surface area contributed by atoms with Crippen LogP contribution in [0.5, 0.6) is 5.75 Å². The maximum atomic E-state index is 12.9. The molecule has 0 amide bonds. The normalized spacial score (nSPS) is 12.6. The Labute approximate surface area is 176 Å². The van der Waals surface area contributed by atoms with E-state index in [0.717, 1.165) is 11.3 Å². The van der Waals surface area contributed by atoms with Gasteiger partial charge in [0, 0.05) is 12.6 Å². The van der Waals surface area contributed by atoms with Gasteiger partial charge in [0.15, 0.2) is 16.8 Å². The third-order valence-corrected chi connectivity index (χ3v) is 6.00. The lowest BCUT2D eigenvalue weighted by Crippen LogP contribution is -2.16. The molecule has 0 N–H and O–H groups in total. The molecule has 1 atom stereocenters. The molecular weight excluding hydrogens is 382 g/mol. The Morgan fingerprint density at radius 3 is 2.34 bits per heavy atom. The van der Waals surface area contributed by atoms with Gasteiger partial charge in [0.1, 0.15) is 5.75 Å². The molecule has 0 unspecified atom stereocenters. The summed E-state index contributed by atoms with van der Waals surface area (Å²) in [5.41, 5.74) is 2.86. The monoisotopic (exact) mass is 409 g/mol. The minimum absolute atomic E-state index is 0.0650. The van der Waals surface area contributed by atoms with Crippen molar-refractivity contribution < 1.29 is 9.53 Å². The summed E-state index contributed by atoms with van der Waals surface area (Å²) < 4.78 is 7.33. The molecule has 6 heteroatoms. The van der Waals surface area contributed by atoms with E-state index >= 15 is 0 Å². The molecule has 0 aliphatic rings. The number of para-hydroxylation sites is 1. The Balaban J connectivity index is 1.78. The minimum atomic E-state index is -0.274. The number of rotatable bonds is 6. The van der Waals surface area contributed by atoms with Gasteiger partial charge in [-0.05, 0) is 30.0 Å². The van der Waals surface area contributed by atoms with E-state index in [1.165, 1.54) is 17.3 Å². The van der Waals surface area contributed by atoms with E-state index in [0.29, 0.717) is 16.5 Å². The Morgan fingerprint density at radius 2 is 1.72 bits per heavy atom. The molecule has 29 heavy (non-hydrogen) atoms. The maximum absolute atomic E-state index is 12.9. The highest BCUT2D eigenvalue weighted by Crippen LogP contribution is 2.32. The minimum Gasteiger partial charge on any atom is -0.496 e. The number of carbonyl (C=O) groups excluding carboxylic acids is 1. The predicted molar refractivity (Wildman–Crippen MR) is 118 cm³/mol. The number of ether oxygens (including phenoxy) is 1. The van der Waals surface area contributed by atoms with Crippen LogP contribution in [-0.4, -0.2) is 32.9 Å². The van der Waals surface area contributed by atoms with E-state index < -0.39 is 0 Å². The van der Waals surface area contributed by atoms with E-state index in [1.807, 2.05) is 67.1 Å². The second-order valence-corrected chi connectivity index (χ2v) is 9.33. The number of hydrogen-bond donors (Lipinski definition) is 0. The SMILES string of the molecule is COc1ccccc1-c1nnc(S[C@@H](C)C(=O)c2ccc(C(C)(C)C)cc2)n1C. The van der Waals surface area contributed by atoms with Crippen molar-refractivity contribution in [2.24, 2.45) is 7.05 Å². The zero-order valence-corrected chi connectivity index (χ0v) is 18.6. The Bertz CT molecular complexity index is 1000. The van der Waals surface area contributed by atoms with Gasteiger partial charge in [0.05, 0.1) is 17.9 Å². The van der Waals surface area contributed by atoms with Crippen molar-refractivity contribution in [1.82, 2.24) is 14.8 Å². The molecule has 0 saturated carbocycles. The highest BCUT2D eigenvalue weighted by Gasteiger charge is 2.22. The van der Waals surface area contributed by atoms with Gasteiger partial charge in [-0.1, -0.05) is 68.9 Å². The molecule has 0 radical (unpaired) electrons. The fourth-order valence-electron chi connectivity index (χ4n) is 3.06. The number of benzene rings is 2. The average Bonchev–Trinajstić information content (AvgIpc) is 3.06. The Kier molecular flexibility index (Phi) is 6.13. The molecule has 5 nitrogen and oxygen atoms in total. The number of Topliss-reactive ketones (excluding diaryl/α,β-unsaturated/α-hetero) is 1. The summed E-state index contributed by atoms with van der Waals surface area (Å²) in [4.78, 5) is 12.9. The van der Waals surface area contributed by atoms with Crippen molar-refractivity contribution in [3.05, 3.63) is 59.7 Å². The number of carbonyl (C=O) groups is 1. The molecule has 3 rings (SSSR count). The van der Waals surface area contributed by atoms with Gasteiger partial charge >= 0.3 is 0 Å². The van der Waals surface area contributed by atoms with Gasteiger partial charge in [-0.2, -0.15) is 0 Å². The molecule has 0 aliphatic carbocycles. The number of nitrogens with zero attached hydrogens (tertiary/aromatic N) is 3. The standard InChI is InChI=1S/C23H27N3O2S/c1-15(20(27)16-11-13-17(14-12-16)23(2,3)4)29-22-25-24-21(26(22)5)18-9-7-8-10-19(18)28-6/h7-15H,1-6H3/t15-/m0/s1. The molecule has 0 saturated heterocycles. The van der Waals surface area contributed by atoms with Crippen molar-refractivity contribution in [1.29, 1.82) is 0 Å². The van der Waals surface area contributed by atoms with E-state index in [1.54, 1.807) is 7.11 Å². The first-order valence-corrected chi connectivity index (χ1v) is 10.4. The van der Waals surface area contributed by atoms with Crippen LogP contribution in [-0.2, 0) is 12.5 Å². The fraction of sp³-hybridized carbons (Fsp3) is 0.348. The van der Waals surface area contributed by atoms with E-state index in [4.69, 9.17) is 4.74 Å². The summed E-state index contributed by atoms with van der Waals surface area (Å²) in [7, 11) is 3.54. The third kappa shape index (κ3) is 4.53. The molecular formula is C23H27N3O2S. The third-order valence-electron chi connectivity index (χ3n) is 4.87. The topological polar surface area (TPSA) is 57.0 Å². The predicted octanol–water partition coefficient (Wildman–Crippen LogP) is 5.15. The van der Waals surface area contributed by atoms with Crippen LogP contribution in [0.25, 0.3) is 11.4 Å². The highest BCUT2D eigenvalue weighted by atomic mass is 32.2. The van der Waals surface area contributed by atoms with Crippen molar-refractivity contribution >= 4 is 17.5 Å². The number of ketones is 1. The number of aromatic nitrogens is 3. The van der Waals surface area contributed by atoms with E-state index in [2.05, 4.69) is 31.0 Å². The molecule has 1 heterocycles. The van der Waals surface area contributed by atoms with Crippen LogP contribution in [0, 0.1) is 0 Å². The zero-order valence-electron chi connectivity index (χ0n) is 17.8. The lowest BCUT2D eigenvalue weighted by molar-refractivity contribution is 0.0994. The summed E-state index contributed by atoms with van der Waals surface area (Å²) in [5.74, 6) is 1.53. The lowest BCUT2D eigenvalue weighted by atomic mass is 9.86. The largest absolute Gasteiger partial charge is 0.496 e. The summed E-state index contributed by atoms with van der Waals surface area (Å²) in [6.45, 7) is 8.39. The van der Waals surface area contributed by atoms with Crippen LogP contribution < -0.4 is 4.74 Å². The van der Waals surface area contributed by atoms with E-state index in [9.17, 15) is 4.79 Å². The molecule has 0 fully saturated rings. The molecule has 0 bridgehead atoms. The van der Waals surface area contributed by atoms with Gasteiger partial charge in [0.25, 0.3) is 0 Å². The van der Waals surface area contributed by atoms with Gasteiger partial charge in [0.2, 0.25) is 0 Å². The van der Waals surface area contributed by atoms with Crippen molar-refractivity contribution in [2.45, 2.75) is 43.5 Å². The van der Waals surface area contributed by atoms with Crippen molar-refractivity contribution in [3.8, 4) is 17.1 Å². The first-order valence-electron chi connectivity index (χ1n) is 9.56. The molecule has 0 spiro atoms. The number of hydrogen-bond acceptors (Lipinski definition) is 5. The summed E-state index contributed by atoms with van der Waals surface area (Å²) in [6.07, 6.45) is 0. The summed E-state index contributed by atoms with van der Waals surface area (Å²) >= 11 is 1.41. The van der Waals surface area contributed by atoms with Crippen molar-refractivity contribution in [2.75, 3.05) is 7.11 Å². The van der Waals surface area contributed by atoms with Crippen LogP contribution in [0.15, 0.2) is 53.7 Å². The second-order valence-electron chi connectivity index (χ2n) is 8.02. The fourth-order valence-corrected chi connectivity index (χ4v) is 3.95. The zero-order chi connectivity index (χ0) is 21.2.